The largest absolute Gasteiger partial charge is 0.449 e. The maximum atomic E-state index is 4.81. The summed E-state index contributed by atoms with van der Waals surface area (Å²) in [5.74, 6) is 0.723. The molecule has 1 N–H and O–H groups in total. The molecule has 2 rings (SSSR count). The summed E-state index contributed by atoms with van der Waals surface area (Å²) in [6, 6.07) is 9.82. The lowest BCUT2D eigenvalue weighted by Gasteiger charge is -1.99. The average molecular weight is 160 g/mol. The predicted molar refractivity (Wildman–Crippen MR) is 46.2 cm³/mol. The van der Waals surface area contributed by atoms with Gasteiger partial charge in [0.2, 0.25) is 0 Å². The number of para-hydroxylation sites is 1. The van der Waals surface area contributed by atoms with Gasteiger partial charge >= 0.3 is 0 Å². The SMILES string of the molecule is c1ccc(Nc2cocn2)cc1. The molecule has 0 aliphatic rings. The molecule has 0 spiro atoms. The van der Waals surface area contributed by atoms with E-state index in [1.54, 1.807) is 6.26 Å². The van der Waals surface area contributed by atoms with Crippen molar-refractivity contribution in [3.63, 3.8) is 0 Å². The van der Waals surface area contributed by atoms with Gasteiger partial charge in [0.1, 0.15) is 6.26 Å². The number of aromatic nitrogens is 1. The van der Waals surface area contributed by atoms with E-state index in [9.17, 15) is 0 Å². The van der Waals surface area contributed by atoms with E-state index >= 15 is 0 Å². The molecule has 60 valence electrons. The molecule has 0 bridgehead atoms. The van der Waals surface area contributed by atoms with Crippen molar-refractivity contribution in [2.45, 2.75) is 0 Å². The monoisotopic (exact) mass is 160 g/mol. The Bertz CT molecular complexity index is 329. The average Bonchev–Trinajstić information content (AvgIpc) is 2.59. The van der Waals surface area contributed by atoms with Crippen molar-refractivity contribution >= 4 is 11.5 Å². The normalized spacial score (nSPS) is 9.67. The summed E-state index contributed by atoms with van der Waals surface area (Å²) in [4.78, 5) is 3.93. The van der Waals surface area contributed by atoms with Gasteiger partial charge in [-0.3, -0.25) is 0 Å². The molecular weight excluding hydrogens is 152 g/mol. The zero-order valence-electron chi connectivity index (χ0n) is 6.40. The van der Waals surface area contributed by atoms with Gasteiger partial charge in [-0.2, -0.15) is 4.98 Å². The Kier molecular flexibility index (Phi) is 1.78. The topological polar surface area (TPSA) is 38.1 Å². The van der Waals surface area contributed by atoms with Gasteiger partial charge in [-0.25, -0.2) is 0 Å². The third kappa shape index (κ3) is 1.45. The molecule has 3 nitrogen and oxygen atoms in total. The van der Waals surface area contributed by atoms with E-state index in [2.05, 4.69) is 10.3 Å². The summed E-state index contributed by atoms with van der Waals surface area (Å²) in [6.45, 7) is 0. The first-order chi connectivity index (χ1) is 5.95. The van der Waals surface area contributed by atoms with Gasteiger partial charge in [0.25, 0.3) is 0 Å². The fourth-order valence-corrected chi connectivity index (χ4v) is 0.944. The number of nitrogens with zero attached hydrogens (tertiary/aromatic N) is 1. The van der Waals surface area contributed by atoms with Gasteiger partial charge in [0.15, 0.2) is 12.2 Å². The van der Waals surface area contributed by atoms with Crippen LogP contribution in [-0.2, 0) is 0 Å². The maximum absolute atomic E-state index is 4.81. The van der Waals surface area contributed by atoms with Crippen LogP contribution in [0.5, 0.6) is 0 Å². The van der Waals surface area contributed by atoms with Gasteiger partial charge in [0.05, 0.1) is 0 Å². The number of hydrogen-bond acceptors (Lipinski definition) is 3. The van der Waals surface area contributed by atoms with Crippen molar-refractivity contribution in [1.82, 2.24) is 4.98 Å². The maximum Gasteiger partial charge on any atom is 0.182 e. The molecule has 2 aromatic rings. The highest BCUT2D eigenvalue weighted by atomic mass is 16.3. The molecule has 0 atom stereocenters. The molecule has 0 radical (unpaired) electrons. The molecule has 0 unspecified atom stereocenters. The smallest absolute Gasteiger partial charge is 0.182 e. The second kappa shape index (κ2) is 3.09. The summed E-state index contributed by atoms with van der Waals surface area (Å²) in [7, 11) is 0. The number of hydrogen-bond donors (Lipinski definition) is 1. The number of benzene rings is 1. The highest BCUT2D eigenvalue weighted by Crippen LogP contribution is 2.12. The number of nitrogens with one attached hydrogen (secondary N) is 1. The van der Waals surface area contributed by atoms with Crippen LogP contribution in [-0.4, -0.2) is 4.98 Å². The zero-order chi connectivity index (χ0) is 8.23. The summed E-state index contributed by atoms with van der Waals surface area (Å²) in [5, 5.41) is 3.08. The van der Waals surface area contributed by atoms with Gasteiger partial charge < -0.3 is 9.73 Å². The number of oxazole rings is 1. The molecule has 0 aliphatic heterocycles. The van der Waals surface area contributed by atoms with Crippen molar-refractivity contribution in [3.05, 3.63) is 43.0 Å². The summed E-state index contributed by atoms with van der Waals surface area (Å²) in [6.07, 6.45) is 2.96. The van der Waals surface area contributed by atoms with Crippen molar-refractivity contribution in [2.24, 2.45) is 0 Å². The molecule has 1 aromatic heterocycles. The van der Waals surface area contributed by atoms with Crippen molar-refractivity contribution in [1.29, 1.82) is 0 Å². The number of anilines is 2. The van der Waals surface area contributed by atoms with Crippen molar-refractivity contribution in [2.75, 3.05) is 5.32 Å². The Hall–Kier alpha value is -1.77. The molecule has 0 saturated heterocycles. The van der Waals surface area contributed by atoms with E-state index in [4.69, 9.17) is 4.42 Å². The minimum absolute atomic E-state index is 0.723. The Balaban J connectivity index is 2.15. The van der Waals surface area contributed by atoms with Gasteiger partial charge in [0, 0.05) is 5.69 Å². The Labute approximate surface area is 70.1 Å². The lowest BCUT2D eigenvalue weighted by atomic mass is 10.3. The van der Waals surface area contributed by atoms with E-state index in [0.29, 0.717) is 0 Å². The minimum atomic E-state index is 0.723. The van der Waals surface area contributed by atoms with Crippen LogP contribution in [0.1, 0.15) is 0 Å². The summed E-state index contributed by atoms with van der Waals surface area (Å²) < 4.78 is 4.81. The molecule has 0 saturated carbocycles. The lowest BCUT2D eigenvalue weighted by Crippen LogP contribution is -1.88. The van der Waals surface area contributed by atoms with E-state index in [-0.39, 0.29) is 0 Å². The second-order valence-corrected chi connectivity index (χ2v) is 2.36. The first kappa shape index (κ1) is 6.91. The fourth-order valence-electron chi connectivity index (χ4n) is 0.944. The molecular formula is C9H8N2O. The van der Waals surface area contributed by atoms with Gasteiger partial charge in [-0.15, -0.1) is 0 Å². The lowest BCUT2D eigenvalue weighted by molar-refractivity contribution is 0.558. The van der Waals surface area contributed by atoms with Crippen LogP contribution in [0.3, 0.4) is 0 Å². The van der Waals surface area contributed by atoms with E-state index in [0.717, 1.165) is 11.5 Å². The standard InChI is InChI=1S/C9H8N2O/c1-2-4-8(5-3-1)11-9-6-12-7-10-9/h1-7,11H. The Morgan fingerprint density at radius 1 is 1.17 bits per heavy atom. The van der Waals surface area contributed by atoms with Crippen LogP contribution in [0.25, 0.3) is 0 Å². The van der Waals surface area contributed by atoms with Crippen LogP contribution in [0.4, 0.5) is 11.5 Å². The van der Waals surface area contributed by atoms with Crippen molar-refractivity contribution in [3.8, 4) is 0 Å². The van der Waals surface area contributed by atoms with Crippen LogP contribution >= 0.6 is 0 Å². The quantitative estimate of drug-likeness (QED) is 0.733. The van der Waals surface area contributed by atoms with Crippen LogP contribution in [0, 0.1) is 0 Å². The second-order valence-electron chi connectivity index (χ2n) is 2.36. The molecule has 12 heavy (non-hydrogen) atoms. The van der Waals surface area contributed by atoms with E-state index in [1.807, 2.05) is 30.3 Å². The molecule has 3 heteroatoms. The molecule has 1 heterocycles. The van der Waals surface area contributed by atoms with E-state index < -0.39 is 0 Å². The molecule has 0 aliphatic carbocycles. The highest BCUT2D eigenvalue weighted by molar-refractivity contribution is 5.54. The van der Waals surface area contributed by atoms with Crippen LogP contribution < -0.4 is 5.32 Å². The van der Waals surface area contributed by atoms with Gasteiger partial charge in [-0.1, -0.05) is 18.2 Å². The molecule has 1 aromatic carbocycles. The Morgan fingerprint density at radius 2 is 2.00 bits per heavy atom. The summed E-state index contributed by atoms with van der Waals surface area (Å²) in [5.41, 5.74) is 1.01. The van der Waals surface area contributed by atoms with E-state index in [1.165, 1.54) is 6.39 Å². The van der Waals surface area contributed by atoms with Crippen LogP contribution in [0.15, 0.2) is 47.4 Å². The van der Waals surface area contributed by atoms with Crippen molar-refractivity contribution < 1.29 is 4.42 Å². The molecule has 0 amide bonds. The third-order valence-corrected chi connectivity index (χ3v) is 1.48. The first-order valence-electron chi connectivity index (χ1n) is 3.65. The molecule has 0 fully saturated rings. The number of rotatable bonds is 2. The minimum Gasteiger partial charge on any atom is -0.449 e. The first-order valence-corrected chi connectivity index (χ1v) is 3.65. The Morgan fingerprint density at radius 3 is 2.67 bits per heavy atom. The highest BCUT2D eigenvalue weighted by Gasteiger charge is 1.93. The third-order valence-electron chi connectivity index (χ3n) is 1.48. The van der Waals surface area contributed by atoms with Gasteiger partial charge in [-0.05, 0) is 12.1 Å². The predicted octanol–water partition coefficient (Wildman–Crippen LogP) is 2.42. The van der Waals surface area contributed by atoms with Crippen LogP contribution in [0.2, 0.25) is 0 Å². The summed E-state index contributed by atoms with van der Waals surface area (Å²) >= 11 is 0. The fraction of sp³-hybridized carbons (Fsp3) is 0. The zero-order valence-corrected chi connectivity index (χ0v) is 6.40.